The molecule has 1 N–H and O–H groups in total. The lowest BCUT2D eigenvalue weighted by atomic mass is 9.98. The minimum atomic E-state index is -4.95. The lowest BCUT2D eigenvalue weighted by Gasteiger charge is -2.27. The van der Waals surface area contributed by atoms with Gasteiger partial charge in [-0.3, -0.25) is 0 Å². The molecule has 9 heteroatoms. The Labute approximate surface area is 169 Å². The van der Waals surface area contributed by atoms with E-state index >= 15 is 0 Å². The zero-order valence-corrected chi connectivity index (χ0v) is 15.9. The summed E-state index contributed by atoms with van der Waals surface area (Å²) in [6.45, 7) is 0. The van der Waals surface area contributed by atoms with Crippen LogP contribution in [0, 0.1) is 17.7 Å². The van der Waals surface area contributed by atoms with Gasteiger partial charge in [-0.15, -0.1) is 0 Å². The van der Waals surface area contributed by atoms with E-state index in [9.17, 15) is 22.4 Å². The Morgan fingerprint density at radius 3 is 2.46 bits per heavy atom. The van der Waals surface area contributed by atoms with Crippen LogP contribution >= 0.6 is 27.5 Å². The van der Waals surface area contributed by atoms with Gasteiger partial charge in [-0.05, 0) is 36.4 Å². The van der Waals surface area contributed by atoms with E-state index in [0.717, 1.165) is 6.08 Å². The first-order valence-electron chi connectivity index (χ1n) is 7.55. The van der Waals surface area contributed by atoms with Crippen LogP contribution in [0.15, 0.2) is 40.4 Å². The molecular weight excluding hydrogens is 468 g/mol. The van der Waals surface area contributed by atoms with E-state index in [0.29, 0.717) is 4.47 Å². The Balaban J connectivity index is 2.13. The van der Waals surface area contributed by atoms with Crippen LogP contribution in [0.5, 0.6) is 5.75 Å². The number of carboxylic acid groups (broad SMARTS) is 1. The molecular formula is C19H8BrClF4O3. The van der Waals surface area contributed by atoms with Crippen LogP contribution in [0.3, 0.4) is 0 Å². The fourth-order valence-corrected chi connectivity index (χ4v) is 3.07. The lowest BCUT2D eigenvalue weighted by molar-refractivity contribution is -0.187. The SMILES string of the molecule is O=C(O)C1=Cc2cc(Cl)cc(C#Cc3ccc(Br)cc3F)c2OC1C(F)(F)F. The average Bonchev–Trinajstić information content (AvgIpc) is 2.58. The molecule has 0 fully saturated rings. The molecule has 1 unspecified atom stereocenters. The van der Waals surface area contributed by atoms with Gasteiger partial charge < -0.3 is 9.84 Å². The second-order valence-corrected chi connectivity index (χ2v) is 7.04. The minimum absolute atomic E-state index is 0.0156. The largest absolute Gasteiger partial charge is 0.478 e. The molecule has 0 bridgehead atoms. The molecule has 0 radical (unpaired) electrons. The third-order valence-corrected chi connectivity index (χ3v) is 4.43. The monoisotopic (exact) mass is 474 g/mol. The minimum Gasteiger partial charge on any atom is -0.478 e. The van der Waals surface area contributed by atoms with Gasteiger partial charge in [0.15, 0.2) is 0 Å². The summed E-state index contributed by atoms with van der Waals surface area (Å²) in [7, 11) is 0. The summed E-state index contributed by atoms with van der Waals surface area (Å²) in [6.07, 6.45) is -6.77. The molecule has 1 atom stereocenters. The van der Waals surface area contributed by atoms with Crippen LogP contribution in [0.2, 0.25) is 5.02 Å². The standard InChI is InChI=1S/C19H8BrClF4O3/c20-12-4-3-9(15(22)8-12)1-2-10-5-13(21)6-11-7-14(18(26)27)17(19(23,24)25)28-16(10)11/h3-8,17H,(H,26,27). The molecule has 0 aliphatic carbocycles. The number of aliphatic carboxylic acids is 1. The number of carbonyl (C=O) groups is 1. The van der Waals surface area contributed by atoms with E-state index in [1.54, 1.807) is 6.07 Å². The fourth-order valence-electron chi connectivity index (χ4n) is 2.51. The zero-order valence-electron chi connectivity index (χ0n) is 13.6. The third kappa shape index (κ3) is 4.16. The Hall–Kier alpha value is -2.50. The van der Waals surface area contributed by atoms with Crippen molar-refractivity contribution >= 4 is 39.6 Å². The maximum Gasteiger partial charge on any atom is 0.430 e. The number of rotatable bonds is 1. The molecule has 3 rings (SSSR count). The quantitative estimate of drug-likeness (QED) is 0.442. The van der Waals surface area contributed by atoms with Crippen LogP contribution in [0.25, 0.3) is 6.08 Å². The Bertz CT molecular complexity index is 1070. The highest BCUT2D eigenvalue weighted by Gasteiger charge is 2.48. The summed E-state index contributed by atoms with van der Waals surface area (Å²) in [4.78, 5) is 11.2. The number of hydrogen-bond acceptors (Lipinski definition) is 2. The number of hydrogen-bond donors (Lipinski definition) is 1. The van der Waals surface area contributed by atoms with Crippen LogP contribution in [0.1, 0.15) is 16.7 Å². The number of carboxylic acids is 1. The average molecular weight is 476 g/mol. The molecule has 0 amide bonds. The first kappa shape index (κ1) is 20.2. The van der Waals surface area contributed by atoms with E-state index in [4.69, 9.17) is 21.4 Å². The number of fused-ring (bicyclic) bond motifs is 1. The van der Waals surface area contributed by atoms with Gasteiger partial charge in [0.25, 0.3) is 0 Å². The van der Waals surface area contributed by atoms with Crippen molar-refractivity contribution in [2.24, 2.45) is 0 Å². The van der Waals surface area contributed by atoms with Crippen molar-refractivity contribution in [2.75, 3.05) is 0 Å². The van der Waals surface area contributed by atoms with Crippen molar-refractivity contribution in [2.45, 2.75) is 12.3 Å². The van der Waals surface area contributed by atoms with Crippen molar-refractivity contribution in [3.05, 3.63) is 67.9 Å². The Morgan fingerprint density at radius 2 is 1.86 bits per heavy atom. The normalized spacial score (nSPS) is 15.6. The summed E-state index contributed by atoms with van der Waals surface area (Å²) < 4.78 is 59.1. The van der Waals surface area contributed by atoms with Gasteiger partial charge in [0.2, 0.25) is 6.10 Å². The van der Waals surface area contributed by atoms with Crippen molar-refractivity contribution in [1.82, 2.24) is 0 Å². The van der Waals surface area contributed by atoms with Crippen molar-refractivity contribution < 1.29 is 32.2 Å². The van der Waals surface area contributed by atoms with Crippen LogP contribution in [-0.4, -0.2) is 23.4 Å². The molecule has 0 saturated heterocycles. The van der Waals surface area contributed by atoms with Gasteiger partial charge in [0.1, 0.15) is 11.6 Å². The summed E-state index contributed by atoms with van der Waals surface area (Å²) in [5.74, 6) is 2.40. The summed E-state index contributed by atoms with van der Waals surface area (Å²) in [6, 6.07) is 6.66. The van der Waals surface area contributed by atoms with E-state index in [1.807, 2.05) is 0 Å². The number of ether oxygens (including phenoxy) is 1. The van der Waals surface area contributed by atoms with Gasteiger partial charge in [0.05, 0.1) is 16.7 Å². The molecule has 3 nitrogen and oxygen atoms in total. The topological polar surface area (TPSA) is 46.5 Å². The number of alkyl halides is 3. The molecule has 144 valence electrons. The lowest BCUT2D eigenvalue weighted by Crippen LogP contribution is -2.40. The van der Waals surface area contributed by atoms with Crippen molar-refractivity contribution in [1.29, 1.82) is 0 Å². The molecule has 1 heterocycles. The highest BCUT2D eigenvalue weighted by molar-refractivity contribution is 9.10. The molecule has 2 aromatic rings. The molecule has 2 aromatic carbocycles. The van der Waals surface area contributed by atoms with Crippen LogP contribution in [-0.2, 0) is 4.79 Å². The van der Waals surface area contributed by atoms with E-state index < -0.39 is 29.6 Å². The highest BCUT2D eigenvalue weighted by atomic mass is 79.9. The predicted octanol–water partition coefficient (Wildman–Crippen LogP) is 5.43. The first-order chi connectivity index (χ1) is 13.1. The highest BCUT2D eigenvalue weighted by Crippen LogP contribution is 2.40. The van der Waals surface area contributed by atoms with Gasteiger partial charge in [0, 0.05) is 15.1 Å². The van der Waals surface area contributed by atoms with Crippen LogP contribution in [0.4, 0.5) is 17.6 Å². The molecule has 28 heavy (non-hydrogen) atoms. The smallest absolute Gasteiger partial charge is 0.430 e. The van der Waals surface area contributed by atoms with Gasteiger partial charge in [-0.1, -0.05) is 39.4 Å². The van der Waals surface area contributed by atoms with E-state index in [1.165, 1.54) is 24.3 Å². The Kier molecular flexibility index (Phi) is 5.41. The van der Waals surface area contributed by atoms with Crippen LogP contribution < -0.4 is 4.74 Å². The zero-order chi connectivity index (χ0) is 20.6. The summed E-state index contributed by atoms with van der Waals surface area (Å²) in [5.41, 5.74) is -0.951. The third-order valence-electron chi connectivity index (χ3n) is 3.72. The molecule has 0 saturated carbocycles. The number of halogens is 6. The maximum atomic E-state index is 13.9. The summed E-state index contributed by atoms with van der Waals surface area (Å²) in [5, 5.41) is 9.19. The molecule has 1 aliphatic heterocycles. The van der Waals surface area contributed by atoms with Crippen molar-refractivity contribution in [3.8, 4) is 17.6 Å². The van der Waals surface area contributed by atoms with Gasteiger partial charge in [-0.25, -0.2) is 9.18 Å². The second kappa shape index (κ2) is 7.49. The van der Waals surface area contributed by atoms with Crippen molar-refractivity contribution in [3.63, 3.8) is 0 Å². The van der Waals surface area contributed by atoms with E-state index in [-0.39, 0.29) is 27.5 Å². The van der Waals surface area contributed by atoms with Gasteiger partial charge in [-0.2, -0.15) is 13.2 Å². The van der Waals surface area contributed by atoms with E-state index in [2.05, 4.69) is 27.8 Å². The fraction of sp³-hybridized carbons (Fsp3) is 0.105. The number of benzene rings is 2. The second-order valence-electron chi connectivity index (χ2n) is 5.69. The Morgan fingerprint density at radius 1 is 1.18 bits per heavy atom. The predicted molar refractivity (Wildman–Crippen MR) is 97.6 cm³/mol. The van der Waals surface area contributed by atoms with Gasteiger partial charge >= 0.3 is 12.1 Å². The molecule has 1 aliphatic rings. The first-order valence-corrected chi connectivity index (χ1v) is 8.72. The maximum absolute atomic E-state index is 13.9. The summed E-state index contributed by atoms with van der Waals surface area (Å²) >= 11 is 9.07. The molecule has 0 aromatic heterocycles. The molecule has 0 spiro atoms.